The highest BCUT2D eigenvalue weighted by Crippen LogP contribution is 2.48. The zero-order chi connectivity index (χ0) is 77.6. The number of hydrogen-bond donors (Lipinski definition) is 8. The molecule has 8 rings (SSSR count). The van der Waals surface area contributed by atoms with Crippen molar-refractivity contribution in [1.82, 2.24) is 0 Å². The first-order valence-corrected chi connectivity index (χ1v) is 37.1. The van der Waals surface area contributed by atoms with E-state index in [1.54, 1.807) is 0 Å². The minimum absolute atomic E-state index is 0.0460. The van der Waals surface area contributed by atoms with Crippen LogP contribution in [0.4, 0.5) is 0 Å². The van der Waals surface area contributed by atoms with E-state index in [9.17, 15) is 40.9 Å². The van der Waals surface area contributed by atoms with Crippen molar-refractivity contribution in [1.29, 1.82) is 0 Å². The van der Waals surface area contributed by atoms with Crippen molar-refractivity contribution in [3.63, 3.8) is 0 Å². The zero-order valence-corrected chi connectivity index (χ0v) is 68.6. The lowest BCUT2D eigenvalue weighted by molar-refractivity contribution is 0.438. The fourth-order valence-electron chi connectivity index (χ4n) is 15.0. The number of hydrogen-bond acceptors (Lipinski definition) is 8. The van der Waals surface area contributed by atoms with Crippen LogP contribution in [0.5, 0.6) is 46.0 Å². The van der Waals surface area contributed by atoms with Gasteiger partial charge in [0.25, 0.3) is 0 Å². The molecule has 8 aromatic rings. The van der Waals surface area contributed by atoms with Gasteiger partial charge in [-0.15, -0.1) is 0 Å². The summed E-state index contributed by atoms with van der Waals surface area (Å²) in [5.74, 6) is 3.09. The van der Waals surface area contributed by atoms with Gasteiger partial charge in [0, 0.05) is 24.7 Å². The second-order valence-electron chi connectivity index (χ2n) is 37.3. The van der Waals surface area contributed by atoms with Gasteiger partial charge in [-0.2, -0.15) is 0 Å². The quantitative estimate of drug-likeness (QED) is 0.0566. The van der Waals surface area contributed by atoms with Crippen molar-refractivity contribution in [2.75, 3.05) is 0 Å². The fourth-order valence-corrected chi connectivity index (χ4v) is 15.0. The summed E-state index contributed by atoms with van der Waals surface area (Å²) in [7, 11) is 0. The molecule has 0 aliphatic heterocycles. The molecule has 0 radical (unpaired) electrons. The van der Waals surface area contributed by atoms with E-state index >= 15 is 0 Å². The summed E-state index contributed by atoms with van der Waals surface area (Å²) < 4.78 is 0. The predicted octanol–water partition coefficient (Wildman–Crippen LogP) is 24.7. The average Bonchev–Trinajstić information content (AvgIpc) is 0.774. The van der Waals surface area contributed by atoms with Gasteiger partial charge in [-0.3, -0.25) is 0 Å². The minimum Gasteiger partial charge on any atom is -0.508 e. The van der Waals surface area contributed by atoms with Crippen LogP contribution in [0.1, 0.15) is 330 Å². The number of rotatable bonds is 13. The van der Waals surface area contributed by atoms with Crippen LogP contribution in [-0.4, -0.2) is 40.9 Å². The van der Waals surface area contributed by atoms with Gasteiger partial charge in [0.15, 0.2) is 0 Å². The first-order valence-electron chi connectivity index (χ1n) is 37.1. The Bertz CT molecular complexity index is 4100. The Morgan fingerprint density at radius 1 is 0.265 bits per heavy atom. The van der Waals surface area contributed by atoms with Gasteiger partial charge < -0.3 is 40.9 Å². The summed E-state index contributed by atoms with van der Waals surface area (Å²) in [6, 6.07) is 32.6. The summed E-state index contributed by atoms with van der Waals surface area (Å²) in [4.78, 5) is 0. The second-order valence-corrected chi connectivity index (χ2v) is 37.3. The van der Waals surface area contributed by atoms with Crippen molar-refractivity contribution in [2.24, 2.45) is 0 Å². The van der Waals surface area contributed by atoms with Crippen LogP contribution in [0.25, 0.3) is 0 Å². The third kappa shape index (κ3) is 19.7. The molecule has 0 aliphatic rings. The molecule has 8 aromatic carbocycles. The standard InChI is InChI=1S/C37H52O3.C31H40O3.C26H38O2/c1-21(25-18-29(35(5,6)7)32(38)15-22(25)2)14-28(26-19-30(36(8,9)10)33(39)16-23(26)3)27-20-31(37(11,12)13)34(40)17-24(27)4;1-18-10-21(16-23-12-19(2)14-25(28(23)33)30(4,5)6)27(32)22(11-18)17-24-13-20(3)15-26(29(24)34)31(7,8)9;1-10-11-18(19-14-21(25(4,5)6)23(27)12-16(19)2)20-15-22(26(7,8)9)24(28)13-17(20)3/h15-21,28,38-40H,14H2,1-13H3;10-15,32-34H,16-17H2,1-9H3;12-15,18,27-28H,10-11H2,1-9H3. The first kappa shape index (κ1) is 83.1. The van der Waals surface area contributed by atoms with E-state index in [1.165, 1.54) is 27.8 Å². The third-order valence-corrected chi connectivity index (χ3v) is 20.6. The number of phenols is 8. The Kier molecular flexibility index (Phi) is 25.1. The van der Waals surface area contributed by atoms with Gasteiger partial charge in [0.2, 0.25) is 0 Å². The second kappa shape index (κ2) is 30.8. The third-order valence-electron chi connectivity index (χ3n) is 20.6. The van der Waals surface area contributed by atoms with Crippen LogP contribution < -0.4 is 0 Å². The SMILES string of the molecule is CCCC(c1cc(C(C)(C)C)c(O)cc1C)c1cc(C(C)(C)C)c(O)cc1C.Cc1cc(Cc2cc(C)cc(C(C)(C)C)c2O)c(O)c(Cc2cc(C)cc(C(C)(C)C)c2O)c1.Cc1cc(O)c(C(C)(C)C)cc1C(C)CC(c1cc(C(C)(C)C)c(O)cc1C)c1cc(C(C)(C)C)c(O)cc1C. The summed E-state index contributed by atoms with van der Waals surface area (Å²) in [6.07, 6.45) is 3.82. The van der Waals surface area contributed by atoms with Crippen molar-refractivity contribution in [2.45, 2.75) is 302 Å². The lowest BCUT2D eigenvalue weighted by Crippen LogP contribution is -2.17. The van der Waals surface area contributed by atoms with Crippen LogP contribution in [0.2, 0.25) is 0 Å². The molecule has 0 fully saturated rings. The van der Waals surface area contributed by atoms with E-state index in [4.69, 9.17) is 0 Å². The van der Waals surface area contributed by atoms with Crippen molar-refractivity contribution < 1.29 is 40.9 Å². The molecular weight excluding hydrogens is 1260 g/mol. The smallest absolute Gasteiger partial charge is 0.122 e. The molecule has 0 amide bonds. The molecule has 0 aliphatic carbocycles. The molecule has 0 saturated heterocycles. The molecule has 102 heavy (non-hydrogen) atoms. The molecule has 1 unspecified atom stereocenters. The molecule has 0 heterocycles. The molecule has 0 bridgehead atoms. The highest BCUT2D eigenvalue weighted by Gasteiger charge is 2.33. The molecule has 1 atom stereocenters. The molecule has 8 nitrogen and oxygen atoms in total. The summed E-state index contributed by atoms with van der Waals surface area (Å²) in [6.45, 7) is 65.6. The molecule has 0 spiro atoms. The maximum atomic E-state index is 11.3. The van der Waals surface area contributed by atoms with Crippen LogP contribution in [0.15, 0.2) is 97.1 Å². The van der Waals surface area contributed by atoms with Crippen molar-refractivity contribution >= 4 is 0 Å². The molecule has 8 N–H and O–H groups in total. The van der Waals surface area contributed by atoms with Crippen LogP contribution in [-0.2, 0) is 50.7 Å². The highest BCUT2D eigenvalue weighted by atomic mass is 16.3. The van der Waals surface area contributed by atoms with E-state index in [1.807, 2.05) is 87.5 Å². The number of phenolic OH excluding ortho intramolecular Hbond substituents is 8. The fraction of sp³-hybridized carbons (Fsp3) is 0.489. The zero-order valence-electron chi connectivity index (χ0n) is 68.6. The molecule has 0 aromatic heterocycles. The Hall–Kier alpha value is -7.84. The van der Waals surface area contributed by atoms with Gasteiger partial charge in [-0.1, -0.05) is 249 Å². The van der Waals surface area contributed by atoms with Crippen LogP contribution in [0.3, 0.4) is 0 Å². The Labute approximate surface area is 616 Å². The topological polar surface area (TPSA) is 162 Å². The Balaban J connectivity index is 0.000000244. The van der Waals surface area contributed by atoms with Gasteiger partial charge in [-0.05, 0) is 259 Å². The maximum Gasteiger partial charge on any atom is 0.122 e. The van der Waals surface area contributed by atoms with Crippen LogP contribution in [0, 0.1) is 55.4 Å². The van der Waals surface area contributed by atoms with Crippen LogP contribution >= 0.6 is 0 Å². The summed E-state index contributed by atoms with van der Waals surface area (Å²) in [5, 5.41) is 87.0. The average molecular weight is 1390 g/mol. The largest absolute Gasteiger partial charge is 0.508 e. The minimum atomic E-state index is -0.210. The Morgan fingerprint density at radius 2 is 0.480 bits per heavy atom. The van der Waals surface area contributed by atoms with E-state index in [2.05, 4.69) is 224 Å². The monoisotopic (exact) mass is 1390 g/mol. The van der Waals surface area contributed by atoms with Crippen molar-refractivity contribution in [3.8, 4) is 46.0 Å². The summed E-state index contributed by atoms with van der Waals surface area (Å²) in [5.41, 5.74) is 23.5. The molecule has 0 saturated carbocycles. The number of benzene rings is 8. The highest BCUT2D eigenvalue weighted by molar-refractivity contribution is 5.58. The van der Waals surface area contributed by atoms with Gasteiger partial charge in [-0.25, -0.2) is 0 Å². The van der Waals surface area contributed by atoms with E-state index in [0.717, 1.165) is 125 Å². The molecular formula is C94H130O8. The van der Waals surface area contributed by atoms with Crippen molar-refractivity contribution in [3.05, 3.63) is 231 Å². The molecule has 8 heteroatoms. The normalized spacial score (nSPS) is 12.9. The predicted molar refractivity (Wildman–Crippen MR) is 431 cm³/mol. The lowest BCUT2D eigenvalue weighted by Gasteiger charge is -2.31. The molecule has 554 valence electrons. The number of aryl methyl sites for hydroxylation is 8. The summed E-state index contributed by atoms with van der Waals surface area (Å²) >= 11 is 0. The van der Waals surface area contributed by atoms with E-state index in [-0.39, 0.29) is 61.4 Å². The van der Waals surface area contributed by atoms with E-state index in [0.29, 0.717) is 53.1 Å². The van der Waals surface area contributed by atoms with Gasteiger partial charge >= 0.3 is 0 Å². The Morgan fingerprint density at radius 3 is 0.725 bits per heavy atom. The van der Waals surface area contributed by atoms with Gasteiger partial charge in [0.1, 0.15) is 46.0 Å². The van der Waals surface area contributed by atoms with E-state index < -0.39 is 0 Å². The lowest BCUT2D eigenvalue weighted by atomic mass is 9.74. The number of aromatic hydroxyl groups is 8. The van der Waals surface area contributed by atoms with Gasteiger partial charge in [0.05, 0.1) is 0 Å². The first-order chi connectivity index (χ1) is 46.5. The maximum absolute atomic E-state index is 11.3.